The molecule has 0 saturated carbocycles. The molecule has 0 bridgehead atoms. The average molecular weight is 308 g/mol. The Labute approximate surface area is 136 Å². The van der Waals surface area contributed by atoms with E-state index in [1.165, 1.54) is 22.3 Å². The van der Waals surface area contributed by atoms with Crippen LogP contribution in [0.25, 0.3) is 0 Å². The molecular weight excluding hydrogens is 288 g/mol. The Hall–Kier alpha value is -2.61. The maximum atomic E-state index is 9.67. The number of allylic oxidation sites excluding steroid dienone is 1. The number of nitriles is 1. The van der Waals surface area contributed by atoms with E-state index < -0.39 is 0 Å². The molecule has 23 heavy (non-hydrogen) atoms. The summed E-state index contributed by atoms with van der Waals surface area (Å²) in [6.07, 6.45) is 0. The zero-order chi connectivity index (χ0) is 16.9. The molecule has 118 valence electrons. The molecule has 2 atom stereocenters. The zero-order valence-corrected chi connectivity index (χ0v) is 14.1. The van der Waals surface area contributed by atoms with Gasteiger partial charge in [-0.3, -0.25) is 0 Å². The summed E-state index contributed by atoms with van der Waals surface area (Å²) in [5, 5.41) is 17.9. The van der Waals surface area contributed by atoms with Gasteiger partial charge < -0.3 is 10.5 Å². The normalized spacial score (nSPS) is 23.0. The third-order valence-electron chi connectivity index (χ3n) is 5.00. The van der Waals surface area contributed by atoms with Crippen molar-refractivity contribution < 1.29 is 4.74 Å². The van der Waals surface area contributed by atoms with Gasteiger partial charge in [0.1, 0.15) is 6.07 Å². The van der Waals surface area contributed by atoms with Gasteiger partial charge in [-0.15, -0.1) is 5.10 Å². The molecule has 0 aliphatic carbocycles. The molecule has 5 nitrogen and oxygen atoms in total. The second-order valence-electron chi connectivity index (χ2n) is 6.30. The molecule has 0 fully saturated rings. The highest BCUT2D eigenvalue weighted by molar-refractivity contribution is 6.08. The molecule has 0 aromatic heterocycles. The number of nitrogens with zero attached hydrogens (tertiary/aromatic N) is 3. The Morgan fingerprint density at radius 2 is 1.65 bits per heavy atom. The van der Waals surface area contributed by atoms with E-state index in [0.29, 0.717) is 11.5 Å². The molecule has 0 spiro atoms. The quantitative estimate of drug-likeness (QED) is 0.865. The highest BCUT2D eigenvalue weighted by Crippen LogP contribution is 2.44. The summed E-state index contributed by atoms with van der Waals surface area (Å²) in [6, 6.07) is 4.43. The van der Waals surface area contributed by atoms with Crippen LogP contribution in [0.4, 0.5) is 0 Å². The zero-order valence-electron chi connectivity index (χ0n) is 14.1. The van der Waals surface area contributed by atoms with E-state index in [0.717, 1.165) is 11.3 Å². The topological polar surface area (TPSA) is 83.8 Å². The Kier molecular flexibility index (Phi) is 3.48. The fourth-order valence-electron chi connectivity index (χ4n) is 3.54. The number of rotatable bonds is 1. The number of benzene rings is 1. The minimum absolute atomic E-state index is 0.135. The fourth-order valence-corrected chi connectivity index (χ4v) is 3.54. The largest absolute Gasteiger partial charge is 0.424 e. The molecule has 0 amide bonds. The molecule has 2 heterocycles. The van der Waals surface area contributed by atoms with Crippen molar-refractivity contribution in [2.75, 3.05) is 0 Å². The van der Waals surface area contributed by atoms with Gasteiger partial charge in [0, 0.05) is 5.92 Å². The van der Waals surface area contributed by atoms with Crippen LogP contribution in [0.2, 0.25) is 0 Å². The van der Waals surface area contributed by atoms with Crippen molar-refractivity contribution in [3.8, 4) is 6.07 Å². The van der Waals surface area contributed by atoms with E-state index in [4.69, 9.17) is 10.5 Å². The number of hydrogen-bond donors (Lipinski definition) is 1. The van der Waals surface area contributed by atoms with Gasteiger partial charge in [-0.25, -0.2) is 0 Å². The number of ether oxygens (including phenoxy) is 1. The average Bonchev–Trinajstić information content (AvgIpc) is 2.86. The molecule has 1 aromatic rings. The van der Waals surface area contributed by atoms with Crippen LogP contribution in [0.3, 0.4) is 0 Å². The maximum absolute atomic E-state index is 9.67. The highest BCUT2D eigenvalue weighted by Gasteiger charge is 2.44. The van der Waals surface area contributed by atoms with Crippen LogP contribution in [0.1, 0.15) is 40.7 Å². The Balaban J connectivity index is 2.32. The molecule has 2 aliphatic rings. The highest BCUT2D eigenvalue weighted by atomic mass is 16.5. The second-order valence-corrected chi connectivity index (χ2v) is 6.30. The van der Waals surface area contributed by atoms with Crippen molar-refractivity contribution in [2.45, 2.75) is 40.5 Å². The van der Waals surface area contributed by atoms with Crippen LogP contribution in [0.15, 0.2) is 27.7 Å². The summed E-state index contributed by atoms with van der Waals surface area (Å²) in [6.45, 7) is 10.3. The third kappa shape index (κ3) is 2.14. The SMILES string of the molecule is CC1=NN=C2OC(N)=C(C#N)[C@@H](c3c(C)c(C)cc(C)c3C)[C@@H]12. The summed E-state index contributed by atoms with van der Waals surface area (Å²) in [5.74, 6) is 0.269. The van der Waals surface area contributed by atoms with Gasteiger partial charge in [0.25, 0.3) is 0 Å². The van der Waals surface area contributed by atoms with Crippen molar-refractivity contribution in [1.82, 2.24) is 0 Å². The van der Waals surface area contributed by atoms with Gasteiger partial charge >= 0.3 is 0 Å². The van der Waals surface area contributed by atoms with Crippen LogP contribution in [0, 0.1) is 44.9 Å². The number of hydrogen-bond acceptors (Lipinski definition) is 5. The second kappa shape index (κ2) is 5.24. The first-order valence-electron chi connectivity index (χ1n) is 7.63. The first-order chi connectivity index (χ1) is 10.9. The number of nitrogens with two attached hydrogens (primary N) is 1. The molecular formula is C18H20N4O. The first-order valence-corrected chi connectivity index (χ1v) is 7.63. The van der Waals surface area contributed by atoms with Crippen LogP contribution in [-0.2, 0) is 4.74 Å². The van der Waals surface area contributed by atoms with Crippen molar-refractivity contribution in [2.24, 2.45) is 21.9 Å². The molecule has 3 rings (SSSR count). The van der Waals surface area contributed by atoms with Crippen molar-refractivity contribution in [3.63, 3.8) is 0 Å². The molecule has 0 unspecified atom stereocenters. The van der Waals surface area contributed by atoms with Gasteiger partial charge in [0.15, 0.2) is 0 Å². The molecule has 2 aliphatic heterocycles. The smallest absolute Gasteiger partial charge is 0.226 e. The molecule has 5 heteroatoms. The lowest BCUT2D eigenvalue weighted by Crippen LogP contribution is -2.36. The standard InChI is InChI=1S/C18H20N4O/c1-8-6-9(2)11(4)14(10(8)3)16-13(7-19)17(20)23-18-15(16)12(5)21-22-18/h6,15-16H,20H2,1-5H3/t15-,16+/m1/s1. The van der Waals surface area contributed by atoms with E-state index in [2.05, 4.69) is 50.0 Å². The molecule has 1 aromatic carbocycles. The van der Waals surface area contributed by atoms with E-state index in [1.807, 2.05) is 6.92 Å². The monoisotopic (exact) mass is 308 g/mol. The van der Waals surface area contributed by atoms with Gasteiger partial charge in [0.05, 0.1) is 17.2 Å². The van der Waals surface area contributed by atoms with E-state index >= 15 is 0 Å². The lowest BCUT2D eigenvalue weighted by Gasteiger charge is -2.32. The summed E-state index contributed by atoms with van der Waals surface area (Å²) < 4.78 is 5.55. The number of fused-ring (bicyclic) bond motifs is 1. The molecule has 0 radical (unpaired) electrons. The third-order valence-corrected chi connectivity index (χ3v) is 5.00. The predicted molar refractivity (Wildman–Crippen MR) is 90.1 cm³/mol. The fraction of sp³-hybridized carbons (Fsp3) is 0.389. The summed E-state index contributed by atoms with van der Waals surface area (Å²) >= 11 is 0. The van der Waals surface area contributed by atoms with Crippen LogP contribution < -0.4 is 5.73 Å². The minimum Gasteiger partial charge on any atom is -0.424 e. The van der Waals surface area contributed by atoms with E-state index in [1.54, 1.807) is 0 Å². The molecule has 2 N–H and O–H groups in total. The summed E-state index contributed by atoms with van der Waals surface area (Å²) in [4.78, 5) is 0. The van der Waals surface area contributed by atoms with Crippen molar-refractivity contribution in [3.05, 3.63) is 45.3 Å². The van der Waals surface area contributed by atoms with Crippen LogP contribution in [0.5, 0.6) is 0 Å². The first kappa shape index (κ1) is 15.3. The van der Waals surface area contributed by atoms with Crippen LogP contribution >= 0.6 is 0 Å². The summed E-state index contributed by atoms with van der Waals surface area (Å²) in [7, 11) is 0. The Morgan fingerprint density at radius 1 is 1.04 bits per heavy atom. The minimum atomic E-state index is -0.197. The van der Waals surface area contributed by atoms with Crippen molar-refractivity contribution in [1.29, 1.82) is 5.26 Å². The van der Waals surface area contributed by atoms with Crippen LogP contribution in [-0.4, -0.2) is 11.6 Å². The lowest BCUT2D eigenvalue weighted by atomic mass is 9.73. The van der Waals surface area contributed by atoms with Crippen molar-refractivity contribution >= 4 is 11.6 Å². The predicted octanol–water partition coefficient (Wildman–Crippen LogP) is 3.13. The van der Waals surface area contributed by atoms with Gasteiger partial charge in [0.2, 0.25) is 11.8 Å². The van der Waals surface area contributed by atoms with Gasteiger partial charge in [-0.1, -0.05) is 6.07 Å². The van der Waals surface area contributed by atoms with E-state index in [9.17, 15) is 5.26 Å². The van der Waals surface area contributed by atoms with Gasteiger partial charge in [-0.05, 0) is 62.4 Å². The number of aryl methyl sites for hydroxylation is 2. The lowest BCUT2D eigenvalue weighted by molar-refractivity contribution is 0.352. The van der Waals surface area contributed by atoms with Gasteiger partial charge in [-0.2, -0.15) is 10.4 Å². The Bertz CT molecular complexity index is 813. The maximum Gasteiger partial charge on any atom is 0.226 e. The summed E-state index contributed by atoms with van der Waals surface area (Å²) in [5.41, 5.74) is 13.2. The Morgan fingerprint density at radius 3 is 2.22 bits per heavy atom. The van der Waals surface area contributed by atoms with E-state index in [-0.39, 0.29) is 17.7 Å². The molecule has 0 saturated heterocycles.